The van der Waals surface area contributed by atoms with Gasteiger partial charge in [-0.2, -0.15) is 0 Å². The number of nitrogens with one attached hydrogen (secondary N) is 1. The molecule has 1 aromatic rings. The van der Waals surface area contributed by atoms with E-state index in [1.54, 1.807) is 18.2 Å². The Morgan fingerprint density at radius 2 is 2.31 bits per heavy atom. The van der Waals surface area contributed by atoms with Gasteiger partial charge in [0.1, 0.15) is 0 Å². The number of carbonyl (C=O) groups is 1. The number of rotatable bonds is 2. The first-order valence-corrected chi connectivity index (χ1v) is 4.36. The average Bonchev–Trinajstić information content (AvgIpc) is 2.09. The van der Waals surface area contributed by atoms with E-state index in [4.69, 9.17) is 17.3 Å². The van der Waals surface area contributed by atoms with Gasteiger partial charge in [-0.25, -0.2) is 0 Å². The molecule has 0 aliphatic heterocycles. The van der Waals surface area contributed by atoms with Crippen LogP contribution in [0.4, 0.5) is 5.69 Å². The van der Waals surface area contributed by atoms with Gasteiger partial charge in [0.25, 0.3) is 5.91 Å². The van der Waals surface area contributed by atoms with Crippen LogP contribution < -0.4 is 11.1 Å². The summed E-state index contributed by atoms with van der Waals surface area (Å²) >= 11 is 5.81. The lowest BCUT2D eigenvalue weighted by molar-refractivity contribution is 0.0956. The maximum absolute atomic E-state index is 11.4. The van der Waals surface area contributed by atoms with Crippen molar-refractivity contribution in [2.45, 2.75) is 6.92 Å². The SMILES string of the molecule is CCNC(=O)c1cc(N)ccc1Cl. The van der Waals surface area contributed by atoms with Crippen molar-refractivity contribution < 1.29 is 4.79 Å². The highest BCUT2D eigenvalue weighted by molar-refractivity contribution is 6.34. The van der Waals surface area contributed by atoms with Crippen molar-refractivity contribution in [2.24, 2.45) is 0 Å². The second-order valence-electron chi connectivity index (χ2n) is 2.60. The minimum absolute atomic E-state index is 0.195. The van der Waals surface area contributed by atoms with Crippen LogP contribution in [0, 0.1) is 0 Å². The monoisotopic (exact) mass is 198 g/mol. The van der Waals surface area contributed by atoms with Crippen molar-refractivity contribution in [2.75, 3.05) is 12.3 Å². The zero-order valence-electron chi connectivity index (χ0n) is 7.30. The van der Waals surface area contributed by atoms with Crippen molar-refractivity contribution in [1.29, 1.82) is 0 Å². The van der Waals surface area contributed by atoms with Gasteiger partial charge in [-0.3, -0.25) is 4.79 Å². The Hall–Kier alpha value is -1.22. The molecule has 70 valence electrons. The summed E-state index contributed by atoms with van der Waals surface area (Å²) in [6.45, 7) is 2.42. The highest BCUT2D eigenvalue weighted by atomic mass is 35.5. The summed E-state index contributed by atoms with van der Waals surface area (Å²) in [6, 6.07) is 4.83. The molecular weight excluding hydrogens is 188 g/mol. The first kappa shape index (κ1) is 9.86. The average molecular weight is 199 g/mol. The standard InChI is InChI=1S/C9H11ClN2O/c1-2-12-9(13)7-5-6(11)3-4-8(7)10/h3-5H,2,11H2,1H3,(H,12,13). The smallest absolute Gasteiger partial charge is 0.252 e. The molecule has 0 aliphatic carbocycles. The Balaban J connectivity index is 2.99. The maximum Gasteiger partial charge on any atom is 0.252 e. The van der Waals surface area contributed by atoms with Crippen molar-refractivity contribution in [3.05, 3.63) is 28.8 Å². The van der Waals surface area contributed by atoms with E-state index >= 15 is 0 Å². The van der Waals surface area contributed by atoms with Crippen molar-refractivity contribution in [3.8, 4) is 0 Å². The summed E-state index contributed by atoms with van der Waals surface area (Å²) in [4.78, 5) is 11.4. The molecule has 0 saturated carbocycles. The number of hydrogen-bond donors (Lipinski definition) is 2. The predicted molar refractivity (Wildman–Crippen MR) is 53.9 cm³/mol. The minimum Gasteiger partial charge on any atom is -0.399 e. The zero-order chi connectivity index (χ0) is 9.84. The normalized spacial score (nSPS) is 9.69. The number of anilines is 1. The van der Waals surface area contributed by atoms with Gasteiger partial charge in [0.2, 0.25) is 0 Å². The predicted octanol–water partition coefficient (Wildman–Crippen LogP) is 1.67. The lowest BCUT2D eigenvalue weighted by Crippen LogP contribution is -2.23. The van der Waals surface area contributed by atoms with E-state index in [1.807, 2.05) is 6.92 Å². The number of amides is 1. The second kappa shape index (κ2) is 4.14. The largest absolute Gasteiger partial charge is 0.399 e. The lowest BCUT2D eigenvalue weighted by Gasteiger charge is -2.04. The number of hydrogen-bond acceptors (Lipinski definition) is 2. The quantitative estimate of drug-likeness (QED) is 0.711. The van der Waals surface area contributed by atoms with Gasteiger partial charge in [-0.1, -0.05) is 11.6 Å². The molecule has 0 atom stereocenters. The van der Waals surface area contributed by atoms with Crippen LogP contribution in [0.3, 0.4) is 0 Å². The van der Waals surface area contributed by atoms with Crippen LogP contribution in [0.2, 0.25) is 5.02 Å². The second-order valence-corrected chi connectivity index (χ2v) is 3.01. The fourth-order valence-corrected chi connectivity index (χ4v) is 1.18. The van der Waals surface area contributed by atoms with Crippen molar-refractivity contribution in [3.63, 3.8) is 0 Å². The molecule has 0 bridgehead atoms. The number of nitrogen functional groups attached to an aromatic ring is 1. The third-order valence-corrected chi connectivity index (χ3v) is 1.90. The molecule has 0 unspecified atom stereocenters. The van der Waals surface area contributed by atoms with E-state index < -0.39 is 0 Å². The van der Waals surface area contributed by atoms with E-state index in [0.29, 0.717) is 22.8 Å². The van der Waals surface area contributed by atoms with Crippen LogP contribution in [0.5, 0.6) is 0 Å². The van der Waals surface area contributed by atoms with Crippen LogP contribution in [-0.4, -0.2) is 12.5 Å². The highest BCUT2D eigenvalue weighted by Crippen LogP contribution is 2.18. The molecule has 0 radical (unpaired) electrons. The molecule has 4 heteroatoms. The summed E-state index contributed by atoms with van der Waals surface area (Å²) in [7, 11) is 0. The van der Waals surface area contributed by atoms with Gasteiger partial charge in [0.05, 0.1) is 10.6 Å². The molecule has 3 nitrogen and oxygen atoms in total. The molecule has 1 amide bonds. The van der Waals surface area contributed by atoms with Crippen LogP contribution in [0.25, 0.3) is 0 Å². The van der Waals surface area contributed by atoms with E-state index in [1.165, 1.54) is 0 Å². The molecule has 0 heterocycles. The molecule has 0 saturated heterocycles. The molecule has 1 rings (SSSR count). The molecule has 0 aromatic heterocycles. The zero-order valence-corrected chi connectivity index (χ0v) is 8.06. The third kappa shape index (κ3) is 2.36. The number of carbonyl (C=O) groups excluding carboxylic acids is 1. The van der Waals surface area contributed by atoms with Crippen molar-refractivity contribution >= 4 is 23.2 Å². The molecular formula is C9H11ClN2O. The van der Waals surface area contributed by atoms with Crippen LogP contribution in [-0.2, 0) is 0 Å². The summed E-state index contributed by atoms with van der Waals surface area (Å²) in [6.07, 6.45) is 0. The van der Waals surface area contributed by atoms with Crippen LogP contribution in [0.15, 0.2) is 18.2 Å². The summed E-state index contributed by atoms with van der Waals surface area (Å²) < 4.78 is 0. The highest BCUT2D eigenvalue weighted by Gasteiger charge is 2.08. The number of nitrogens with two attached hydrogens (primary N) is 1. The minimum atomic E-state index is -0.195. The number of benzene rings is 1. The topological polar surface area (TPSA) is 55.1 Å². The number of halogens is 1. The van der Waals surface area contributed by atoms with E-state index in [-0.39, 0.29) is 5.91 Å². The van der Waals surface area contributed by atoms with Gasteiger partial charge in [-0.05, 0) is 25.1 Å². The van der Waals surface area contributed by atoms with Crippen molar-refractivity contribution in [1.82, 2.24) is 5.32 Å². The fraction of sp³-hybridized carbons (Fsp3) is 0.222. The molecule has 13 heavy (non-hydrogen) atoms. The van der Waals surface area contributed by atoms with Gasteiger partial charge in [-0.15, -0.1) is 0 Å². The maximum atomic E-state index is 11.4. The summed E-state index contributed by atoms with van der Waals surface area (Å²) in [5.74, 6) is -0.195. The Morgan fingerprint density at radius 1 is 1.62 bits per heavy atom. The molecule has 1 aromatic carbocycles. The summed E-state index contributed by atoms with van der Waals surface area (Å²) in [5.41, 5.74) is 6.48. The Bertz CT molecular complexity index is 325. The van der Waals surface area contributed by atoms with Gasteiger partial charge in [0, 0.05) is 12.2 Å². The third-order valence-electron chi connectivity index (χ3n) is 1.57. The molecule has 0 aliphatic rings. The van der Waals surface area contributed by atoms with E-state index in [2.05, 4.69) is 5.32 Å². The van der Waals surface area contributed by atoms with E-state index in [9.17, 15) is 4.79 Å². The Kier molecular flexibility index (Phi) is 3.14. The van der Waals surface area contributed by atoms with Gasteiger partial charge < -0.3 is 11.1 Å². The summed E-state index contributed by atoms with van der Waals surface area (Å²) in [5, 5.41) is 3.07. The lowest BCUT2D eigenvalue weighted by atomic mass is 10.2. The first-order valence-electron chi connectivity index (χ1n) is 3.98. The van der Waals surface area contributed by atoms with Crippen LogP contribution in [0.1, 0.15) is 17.3 Å². The van der Waals surface area contributed by atoms with E-state index in [0.717, 1.165) is 0 Å². The van der Waals surface area contributed by atoms with Crippen LogP contribution >= 0.6 is 11.6 Å². The van der Waals surface area contributed by atoms with Gasteiger partial charge >= 0.3 is 0 Å². The Morgan fingerprint density at radius 3 is 2.92 bits per heavy atom. The molecule has 0 fully saturated rings. The first-order chi connectivity index (χ1) is 6.15. The molecule has 0 spiro atoms. The van der Waals surface area contributed by atoms with Gasteiger partial charge in [0.15, 0.2) is 0 Å². The fourth-order valence-electron chi connectivity index (χ4n) is 0.973. The molecule has 3 N–H and O–H groups in total. The Labute approximate surface area is 81.9 Å².